The number of carbonyl (C=O) groups is 1. The molecule has 0 aliphatic rings. The van der Waals surface area contributed by atoms with Crippen LogP contribution < -0.4 is 10.2 Å². The molecule has 0 unspecified atom stereocenters. The molecule has 19 heavy (non-hydrogen) atoms. The number of carbonyl (C=O) groups excluding carboxylic acids is 1. The van der Waals surface area contributed by atoms with E-state index in [0.717, 1.165) is 10.2 Å². The predicted octanol–water partition coefficient (Wildman–Crippen LogP) is 2.53. The molecule has 0 aromatic heterocycles. The average Bonchev–Trinajstić information content (AvgIpc) is 2.36. The number of rotatable bonds is 5. The third kappa shape index (κ3) is 4.92. The first-order chi connectivity index (χ1) is 8.93. The van der Waals surface area contributed by atoms with E-state index < -0.39 is 0 Å². The van der Waals surface area contributed by atoms with E-state index in [4.69, 9.17) is 5.26 Å². The average molecular weight is 324 g/mol. The number of nitrogens with one attached hydrogen (secondary N) is 1. The first-order valence-corrected chi connectivity index (χ1v) is 6.90. The molecule has 0 heterocycles. The van der Waals surface area contributed by atoms with E-state index in [2.05, 4.69) is 41.2 Å². The number of nitrogens with zero attached hydrogens (tertiary/aromatic N) is 2. The van der Waals surface area contributed by atoms with Gasteiger partial charge in [0.05, 0.1) is 12.1 Å². The molecular weight excluding hydrogens is 306 g/mol. The van der Waals surface area contributed by atoms with E-state index in [1.807, 2.05) is 24.1 Å². The van der Waals surface area contributed by atoms with Crippen molar-refractivity contribution in [1.82, 2.24) is 5.32 Å². The van der Waals surface area contributed by atoms with Gasteiger partial charge in [-0.05, 0) is 40.0 Å². The van der Waals surface area contributed by atoms with Crippen molar-refractivity contribution < 1.29 is 4.79 Å². The van der Waals surface area contributed by atoms with Gasteiger partial charge in [-0.25, -0.2) is 0 Å². The van der Waals surface area contributed by atoms with Crippen molar-refractivity contribution in [3.63, 3.8) is 0 Å². The summed E-state index contributed by atoms with van der Waals surface area (Å²) in [5.74, 6) is 0.440. The molecule has 0 fully saturated rings. The van der Waals surface area contributed by atoms with Crippen molar-refractivity contribution in [2.45, 2.75) is 13.8 Å². The molecule has 0 aliphatic carbocycles. The number of hydrogen-bond acceptors (Lipinski definition) is 3. The molecule has 1 N–H and O–H groups in total. The largest absolute Gasteiger partial charge is 0.365 e. The summed E-state index contributed by atoms with van der Waals surface area (Å²) in [7, 11) is 1.85. The Bertz CT molecular complexity index is 494. The van der Waals surface area contributed by atoms with Crippen LogP contribution in [0.5, 0.6) is 0 Å². The van der Waals surface area contributed by atoms with Crippen LogP contribution in [0.25, 0.3) is 0 Å². The maximum atomic E-state index is 11.7. The quantitative estimate of drug-likeness (QED) is 0.905. The minimum Gasteiger partial charge on any atom is -0.365 e. The lowest BCUT2D eigenvalue weighted by atomic mass is 10.2. The minimum atomic E-state index is -0.00307. The smallest absolute Gasteiger partial charge is 0.239 e. The van der Waals surface area contributed by atoms with Crippen molar-refractivity contribution in [3.8, 4) is 6.07 Å². The number of nitriles is 1. The van der Waals surface area contributed by atoms with Crippen molar-refractivity contribution in [3.05, 3.63) is 28.2 Å². The van der Waals surface area contributed by atoms with Gasteiger partial charge in [-0.3, -0.25) is 4.79 Å². The van der Waals surface area contributed by atoms with Crippen LogP contribution in [0.1, 0.15) is 19.4 Å². The highest BCUT2D eigenvalue weighted by molar-refractivity contribution is 9.10. The fourth-order valence-electron chi connectivity index (χ4n) is 1.51. The van der Waals surface area contributed by atoms with E-state index in [9.17, 15) is 4.79 Å². The molecule has 1 rings (SSSR count). The second kappa shape index (κ2) is 7.15. The molecule has 4 nitrogen and oxygen atoms in total. The number of halogens is 1. The van der Waals surface area contributed by atoms with Gasteiger partial charge < -0.3 is 10.2 Å². The molecule has 1 amide bonds. The van der Waals surface area contributed by atoms with Crippen LogP contribution in [0.4, 0.5) is 5.69 Å². The zero-order valence-electron chi connectivity index (χ0n) is 11.4. The van der Waals surface area contributed by atoms with Crippen molar-refractivity contribution in [2.24, 2.45) is 5.92 Å². The normalized spacial score (nSPS) is 10.1. The second-order valence-electron chi connectivity index (χ2n) is 4.83. The summed E-state index contributed by atoms with van der Waals surface area (Å²) in [5.41, 5.74) is 1.48. The molecule has 0 atom stereocenters. The van der Waals surface area contributed by atoms with Gasteiger partial charge in [-0.2, -0.15) is 5.26 Å². The summed E-state index contributed by atoms with van der Waals surface area (Å²) in [6.07, 6.45) is 0. The van der Waals surface area contributed by atoms with E-state index in [-0.39, 0.29) is 5.91 Å². The molecule has 0 spiro atoms. The lowest BCUT2D eigenvalue weighted by molar-refractivity contribution is -0.119. The molecule has 1 aromatic rings. The van der Waals surface area contributed by atoms with Crippen LogP contribution in [0, 0.1) is 17.2 Å². The molecule has 0 saturated heterocycles. The molecule has 0 radical (unpaired) electrons. The van der Waals surface area contributed by atoms with Gasteiger partial charge in [0.1, 0.15) is 6.07 Å². The third-order valence-electron chi connectivity index (χ3n) is 2.60. The summed E-state index contributed by atoms with van der Waals surface area (Å²) >= 11 is 3.34. The molecule has 102 valence electrons. The maximum Gasteiger partial charge on any atom is 0.239 e. The summed E-state index contributed by atoms with van der Waals surface area (Å²) in [6, 6.07) is 7.50. The topological polar surface area (TPSA) is 56.1 Å². The van der Waals surface area contributed by atoms with Crippen LogP contribution in [0.15, 0.2) is 22.7 Å². The van der Waals surface area contributed by atoms with E-state index in [1.54, 1.807) is 6.07 Å². The maximum absolute atomic E-state index is 11.7. The number of hydrogen-bond donors (Lipinski definition) is 1. The molecule has 5 heteroatoms. The van der Waals surface area contributed by atoms with Gasteiger partial charge >= 0.3 is 0 Å². The lowest BCUT2D eigenvalue weighted by Crippen LogP contribution is -2.36. The number of amides is 1. The first-order valence-electron chi connectivity index (χ1n) is 6.11. The Balaban J connectivity index is 2.63. The Kier molecular flexibility index (Phi) is 5.84. The van der Waals surface area contributed by atoms with Gasteiger partial charge in [-0.1, -0.05) is 13.8 Å². The van der Waals surface area contributed by atoms with E-state index in [1.165, 1.54) is 0 Å². The Morgan fingerprint density at radius 1 is 1.53 bits per heavy atom. The molecule has 1 aromatic carbocycles. The highest BCUT2D eigenvalue weighted by Gasteiger charge is 2.09. The zero-order chi connectivity index (χ0) is 14.4. The van der Waals surface area contributed by atoms with Gasteiger partial charge in [-0.15, -0.1) is 0 Å². The summed E-state index contributed by atoms with van der Waals surface area (Å²) in [5, 5.41) is 11.7. The van der Waals surface area contributed by atoms with Gasteiger partial charge in [0.25, 0.3) is 0 Å². The minimum absolute atomic E-state index is 0.00307. The monoisotopic (exact) mass is 323 g/mol. The lowest BCUT2D eigenvalue weighted by Gasteiger charge is -2.19. The molecule has 0 bridgehead atoms. The van der Waals surface area contributed by atoms with Crippen LogP contribution in [-0.4, -0.2) is 26.0 Å². The van der Waals surface area contributed by atoms with Crippen LogP contribution >= 0.6 is 15.9 Å². The van der Waals surface area contributed by atoms with Crippen molar-refractivity contribution in [1.29, 1.82) is 5.26 Å². The van der Waals surface area contributed by atoms with Gasteiger partial charge in [0.2, 0.25) is 5.91 Å². The van der Waals surface area contributed by atoms with E-state index >= 15 is 0 Å². The SMILES string of the molecule is CC(C)CNC(=O)CN(C)c1ccc(C#N)c(Br)c1. The fraction of sp³-hybridized carbons (Fsp3) is 0.429. The number of likely N-dealkylation sites (N-methyl/N-ethyl adjacent to an activating group) is 1. The highest BCUT2D eigenvalue weighted by Crippen LogP contribution is 2.22. The van der Waals surface area contributed by atoms with Crippen LogP contribution in [0.3, 0.4) is 0 Å². The standard InChI is InChI=1S/C14H18BrN3O/c1-10(2)8-17-14(19)9-18(3)12-5-4-11(7-16)13(15)6-12/h4-6,10H,8-9H2,1-3H3,(H,17,19). The van der Waals surface area contributed by atoms with Crippen LogP contribution in [-0.2, 0) is 4.79 Å². The second-order valence-corrected chi connectivity index (χ2v) is 5.68. The van der Waals surface area contributed by atoms with E-state index in [0.29, 0.717) is 24.6 Å². The zero-order valence-corrected chi connectivity index (χ0v) is 13.0. The molecular formula is C14H18BrN3O. The number of benzene rings is 1. The van der Waals surface area contributed by atoms with Crippen molar-refractivity contribution in [2.75, 3.05) is 25.0 Å². The van der Waals surface area contributed by atoms with Gasteiger partial charge in [0.15, 0.2) is 0 Å². The Labute approximate surface area is 122 Å². The summed E-state index contributed by atoms with van der Waals surface area (Å²) in [4.78, 5) is 13.6. The fourth-order valence-corrected chi connectivity index (χ4v) is 1.97. The third-order valence-corrected chi connectivity index (χ3v) is 3.26. The van der Waals surface area contributed by atoms with Crippen molar-refractivity contribution >= 4 is 27.5 Å². The van der Waals surface area contributed by atoms with Crippen LogP contribution in [0.2, 0.25) is 0 Å². The Morgan fingerprint density at radius 3 is 2.74 bits per heavy atom. The Hall–Kier alpha value is -1.54. The number of anilines is 1. The Morgan fingerprint density at radius 2 is 2.21 bits per heavy atom. The summed E-state index contributed by atoms with van der Waals surface area (Å²) in [6.45, 7) is 5.10. The first kappa shape index (κ1) is 15.5. The highest BCUT2D eigenvalue weighted by atomic mass is 79.9. The summed E-state index contributed by atoms with van der Waals surface area (Å²) < 4.78 is 0.738. The predicted molar refractivity (Wildman–Crippen MR) is 80.0 cm³/mol. The molecule has 0 aliphatic heterocycles. The molecule has 0 saturated carbocycles. The van der Waals surface area contributed by atoms with Gasteiger partial charge in [0, 0.05) is 23.8 Å².